The summed E-state index contributed by atoms with van der Waals surface area (Å²) in [5.74, 6) is 0. The second kappa shape index (κ2) is 6.53. The fourth-order valence-electron chi connectivity index (χ4n) is 2.37. The third kappa shape index (κ3) is 3.24. The van der Waals surface area contributed by atoms with Crippen LogP contribution in [0.3, 0.4) is 0 Å². The molecule has 0 amide bonds. The molecule has 0 radical (unpaired) electrons. The van der Waals surface area contributed by atoms with E-state index in [0.29, 0.717) is 6.04 Å². The number of benzene rings is 1. The van der Waals surface area contributed by atoms with Crippen molar-refractivity contribution in [3.05, 3.63) is 42.4 Å². The van der Waals surface area contributed by atoms with Crippen molar-refractivity contribution < 1.29 is 0 Å². The third-order valence-electron chi connectivity index (χ3n) is 3.39. The molecule has 1 aromatic heterocycles. The van der Waals surface area contributed by atoms with Gasteiger partial charge >= 0.3 is 0 Å². The van der Waals surface area contributed by atoms with Gasteiger partial charge in [-0.3, -0.25) is 0 Å². The highest BCUT2D eigenvalue weighted by Crippen LogP contribution is 2.26. The average Bonchev–Trinajstić information content (AvgIpc) is 2.89. The van der Waals surface area contributed by atoms with Crippen LogP contribution in [-0.2, 0) is 6.42 Å². The molecule has 0 unspecified atom stereocenters. The number of aryl methyl sites for hydroxylation is 1. The monoisotopic (exact) mass is 257 g/mol. The summed E-state index contributed by atoms with van der Waals surface area (Å²) in [5, 5.41) is 3.20. The van der Waals surface area contributed by atoms with Crippen LogP contribution < -0.4 is 5.32 Å². The van der Waals surface area contributed by atoms with Gasteiger partial charge in [0.15, 0.2) is 0 Å². The number of nitrogens with one attached hydrogen (secondary N) is 1. The quantitative estimate of drug-likeness (QED) is 0.805. The number of nitrogens with zero attached hydrogens (tertiary/aromatic N) is 2. The Bertz CT molecular complexity index is 514. The highest BCUT2D eigenvalue weighted by Gasteiger charge is 2.11. The molecule has 1 aromatic carbocycles. The smallest absolute Gasteiger partial charge is 0.0953 e. The second-order valence-corrected chi connectivity index (χ2v) is 5.14. The maximum absolute atomic E-state index is 4.31. The molecule has 0 aliphatic heterocycles. The van der Waals surface area contributed by atoms with E-state index in [-0.39, 0.29) is 0 Å². The Morgan fingerprint density at radius 2 is 2.05 bits per heavy atom. The number of hydrogen-bond acceptors (Lipinski definition) is 2. The van der Waals surface area contributed by atoms with E-state index in [9.17, 15) is 0 Å². The van der Waals surface area contributed by atoms with Crippen LogP contribution in [0.25, 0.3) is 11.3 Å². The van der Waals surface area contributed by atoms with Gasteiger partial charge < -0.3 is 9.88 Å². The van der Waals surface area contributed by atoms with Gasteiger partial charge in [0, 0.05) is 11.6 Å². The molecule has 3 nitrogen and oxygen atoms in total. The zero-order valence-corrected chi connectivity index (χ0v) is 12.1. The van der Waals surface area contributed by atoms with E-state index in [2.05, 4.69) is 53.0 Å². The molecule has 1 heterocycles. The van der Waals surface area contributed by atoms with Crippen molar-refractivity contribution >= 4 is 0 Å². The highest BCUT2D eigenvalue weighted by atomic mass is 15.1. The molecule has 0 saturated carbocycles. The van der Waals surface area contributed by atoms with Crippen molar-refractivity contribution in [3.8, 4) is 11.3 Å². The van der Waals surface area contributed by atoms with Crippen LogP contribution in [0.5, 0.6) is 0 Å². The lowest BCUT2D eigenvalue weighted by molar-refractivity contribution is 0.605. The van der Waals surface area contributed by atoms with Gasteiger partial charge in [-0.05, 0) is 45.8 Å². The fourth-order valence-corrected chi connectivity index (χ4v) is 2.37. The van der Waals surface area contributed by atoms with Gasteiger partial charge in [0.1, 0.15) is 0 Å². The van der Waals surface area contributed by atoms with Crippen molar-refractivity contribution in [3.63, 3.8) is 0 Å². The first-order valence-electron chi connectivity index (χ1n) is 6.98. The lowest BCUT2D eigenvalue weighted by Crippen LogP contribution is -2.09. The van der Waals surface area contributed by atoms with Crippen LogP contribution in [-0.4, -0.2) is 23.1 Å². The lowest BCUT2D eigenvalue weighted by atomic mass is 10.0. The molecule has 0 spiro atoms. The van der Waals surface area contributed by atoms with Crippen LogP contribution in [0.4, 0.5) is 0 Å². The SMILES string of the molecule is CNCCCc1ccccc1-c1cncn1C(C)C. The summed E-state index contributed by atoms with van der Waals surface area (Å²) in [4.78, 5) is 4.31. The minimum absolute atomic E-state index is 0.433. The van der Waals surface area contributed by atoms with Gasteiger partial charge in [-0.2, -0.15) is 0 Å². The van der Waals surface area contributed by atoms with Crippen LogP contribution in [0.15, 0.2) is 36.8 Å². The molecule has 1 N–H and O–H groups in total. The minimum atomic E-state index is 0.433. The Morgan fingerprint density at radius 3 is 2.79 bits per heavy atom. The zero-order valence-electron chi connectivity index (χ0n) is 12.1. The average molecular weight is 257 g/mol. The third-order valence-corrected chi connectivity index (χ3v) is 3.39. The highest BCUT2D eigenvalue weighted by molar-refractivity contribution is 5.63. The molecule has 0 aliphatic carbocycles. The van der Waals surface area contributed by atoms with Crippen LogP contribution in [0, 0.1) is 0 Å². The van der Waals surface area contributed by atoms with Crippen LogP contribution >= 0.6 is 0 Å². The fraction of sp³-hybridized carbons (Fsp3) is 0.438. The molecule has 19 heavy (non-hydrogen) atoms. The van der Waals surface area contributed by atoms with E-state index in [1.807, 2.05) is 19.6 Å². The number of rotatable bonds is 6. The van der Waals surface area contributed by atoms with Gasteiger partial charge in [-0.1, -0.05) is 24.3 Å². The maximum atomic E-state index is 4.31. The summed E-state index contributed by atoms with van der Waals surface area (Å²) in [6.45, 7) is 5.43. The molecule has 0 aliphatic rings. The van der Waals surface area contributed by atoms with Crippen molar-refractivity contribution in [1.29, 1.82) is 0 Å². The summed E-state index contributed by atoms with van der Waals surface area (Å²) in [6, 6.07) is 9.08. The first-order chi connectivity index (χ1) is 9.24. The predicted octanol–water partition coefficient (Wildman–Crippen LogP) is 3.28. The second-order valence-electron chi connectivity index (χ2n) is 5.14. The Hall–Kier alpha value is -1.61. The van der Waals surface area contributed by atoms with Gasteiger partial charge in [0.25, 0.3) is 0 Å². The summed E-state index contributed by atoms with van der Waals surface area (Å²) in [5.41, 5.74) is 3.93. The van der Waals surface area contributed by atoms with Crippen LogP contribution in [0.2, 0.25) is 0 Å². The molecule has 3 heteroatoms. The molecule has 2 aromatic rings. The van der Waals surface area contributed by atoms with E-state index in [1.54, 1.807) is 0 Å². The molecular formula is C16H23N3. The van der Waals surface area contributed by atoms with E-state index in [1.165, 1.54) is 16.8 Å². The molecular weight excluding hydrogens is 234 g/mol. The first kappa shape index (κ1) is 13.8. The van der Waals surface area contributed by atoms with Crippen molar-refractivity contribution in [2.45, 2.75) is 32.7 Å². The van der Waals surface area contributed by atoms with Crippen molar-refractivity contribution in [1.82, 2.24) is 14.9 Å². The van der Waals surface area contributed by atoms with Gasteiger partial charge in [0.05, 0.1) is 18.2 Å². The lowest BCUT2D eigenvalue weighted by Gasteiger charge is -2.15. The summed E-state index contributed by atoms with van der Waals surface area (Å²) >= 11 is 0. The van der Waals surface area contributed by atoms with Crippen molar-refractivity contribution in [2.24, 2.45) is 0 Å². The summed E-state index contributed by atoms with van der Waals surface area (Å²) in [6.07, 6.45) is 6.14. The van der Waals surface area contributed by atoms with E-state index in [4.69, 9.17) is 0 Å². The van der Waals surface area contributed by atoms with Crippen molar-refractivity contribution in [2.75, 3.05) is 13.6 Å². The Balaban J connectivity index is 2.30. The van der Waals surface area contributed by atoms with Gasteiger partial charge in [-0.25, -0.2) is 4.98 Å². The molecule has 102 valence electrons. The molecule has 2 rings (SSSR count). The Kier molecular flexibility index (Phi) is 4.74. The number of hydrogen-bond donors (Lipinski definition) is 1. The molecule has 0 bridgehead atoms. The van der Waals surface area contributed by atoms with E-state index in [0.717, 1.165) is 19.4 Å². The largest absolute Gasteiger partial charge is 0.328 e. The molecule has 0 saturated heterocycles. The van der Waals surface area contributed by atoms with Crippen LogP contribution in [0.1, 0.15) is 31.9 Å². The standard InChI is InChI=1S/C16H23N3/c1-13(2)19-12-18-11-16(19)15-9-5-4-7-14(15)8-6-10-17-3/h4-5,7,9,11-13,17H,6,8,10H2,1-3H3. The molecule has 0 fully saturated rings. The maximum Gasteiger partial charge on any atom is 0.0953 e. The number of aromatic nitrogens is 2. The Morgan fingerprint density at radius 1 is 1.26 bits per heavy atom. The normalized spacial score (nSPS) is 11.2. The first-order valence-corrected chi connectivity index (χ1v) is 6.98. The Labute approximate surface area is 115 Å². The topological polar surface area (TPSA) is 29.9 Å². The predicted molar refractivity (Wildman–Crippen MR) is 80.3 cm³/mol. The van der Waals surface area contributed by atoms with E-state index >= 15 is 0 Å². The number of imidazole rings is 1. The molecule has 0 atom stereocenters. The van der Waals surface area contributed by atoms with Gasteiger partial charge in [0.2, 0.25) is 0 Å². The van der Waals surface area contributed by atoms with E-state index < -0.39 is 0 Å². The zero-order chi connectivity index (χ0) is 13.7. The summed E-state index contributed by atoms with van der Waals surface area (Å²) < 4.78 is 2.23. The van der Waals surface area contributed by atoms with Gasteiger partial charge in [-0.15, -0.1) is 0 Å². The summed E-state index contributed by atoms with van der Waals surface area (Å²) in [7, 11) is 2.00. The minimum Gasteiger partial charge on any atom is -0.328 e.